The topological polar surface area (TPSA) is 70.7 Å². The fraction of sp³-hybridized carbons (Fsp3) is 0.278. The summed E-state index contributed by atoms with van der Waals surface area (Å²) in [4.78, 5) is 25.1. The zero-order chi connectivity index (χ0) is 18.1. The molecule has 26 heavy (non-hydrogen) atoms. The molecule has 0 saturated heterocycles. The molecule has 1 aliphatic rings. The molecule has 2 N–H and O–H groups in total. The molecule has 1 unspecified atom stereocenters. The Hall–Kier alpha value is -2.25. The molecule has 0 aliphatic heterocycles. The Morgan fingerprint density at radius 1 is 1.42 bits per heavy atom. The van der Waals surface area contributed by atoms with E-state index in [-0.39, 0.29) is 17.6 Å². The number of nitrogens with zero attached hydrogens (tertiary/aromatic N) is 2. The maximum absolute atomic E-state index is 13.9. The largest absolute Gasteiger partial charge is 0.348 e. The Kier molecular flexibility index (Phi) is 4.74. The normalized spacial score (nSPS) is 16.3. The van der Waals surface area contributed by atoms with Crippen molar-refractivity contribution in [3.8, 4) is 0 Å². The van der Waals surface area contributed by atoms with Gasteiger partial charge in [-0.2, -0.15) is 0 Å². The van der Waals surface area contributed by atoms with E-state index in [1.165, 1.54) is 17.4 Å². The smallest absolute Gasteiger partial charge is 0.235 e. The van der Waals surface area contributed by atoms with Crippen molar-refractivity contribution < 1.29 is 9.18 Å². The third kappa shape index (κ3) is 3.50. The van der Waals surface area contributed by atoms with Crippen LogP contribution >= 0.6 is 22.9 Å². The number of aryl methyl sites for hydroxylation is 1. The molecule has 1 aromatic carbocycles. The fourth-order valence-electron chi connectivity index (χ4n) is 3.20. The molecule has 0 bridgehead atoms. The van der Waals surface area contributed by atoms with E-state index >= 15 is 0 Å². The number of amides is 1. The number of hydrogen-bond acceptors (Lipinski definition) is 4. The molecule has 0 radical (unpaired) electrons. The Bertz CT molecular complexity index is 954. The van der Waals surface area contributed by atoms with Crippen LogP contribution in [0.1, 0.15) is 40.6 Å². The van der Waals surface area contributed by atoms with Gasteiger partial charge in [-0.3, -0.25) is 4.79 Å². The van der Waals surface area contributed by atoms with E-state index in [0.29, 0.717) is 22.1 Å². The number of halogens is 2. The number of nitrogens with one attached hydrogen (secondary N) is 2. The Morgan fingerprint density at radius 3 is 3.15 bits per heavy atom. The lowest BCUT2D eigenvalue weighted by Gasteiger charge is -2.19. The molecule has 2 aromatic heterocycles. The van der Waals surface area contributed by atoms with Crippen molar-refractivity contribution in [1.82, 2.24) is 15.0 Å². The first-order valence-electron chi connectivity index (χ1n) is 8.32. The van der Waals surface area contributed by atoms with Gasteiger partial charge in [-0.05, 0) is 37.0 Å². The van der Waals surface area contributed by atoms with E-state index in [1.54, 1.807) is 24.7 Å². The van der Waals surface area contributed by atoms with Crippen LogP contribution in [-0.4, -0.2) is 20.9 Å². The predicted molar refractivity (Wildman–Crippen MR) is 99.2 cm³/mol. The molecule has 4 rings (SSSR count). The molecule has 1 amide bonds. The Labute approximate surface area is 158 Å². The average Bonchev–Trinajstić information content (AvgIpc) is 3.26. The summed E-state index contributed by atoms with van der Waals surface area (Å²) in [5.41, 5.74) is 2.41. The van der Waals surface area contributed by atoms with Gasteiger partial charge in [0.05, 0.1) is 17.9 Å². The number of imidazole rings is 1. The molecular weight excluding hydrogens is 375 g/mol. The molecule has 3 aromatic rings. The maximum atomic E-state index is 13.9. The highest BCUT2D eigenvalue weighted by Gasteiger charge is 2.29. The summed E-state index contributed by atoms with van der Waals surface area (Å²) in [5.74, 6) is -0.701. The van der Waals surface area contributed by atoms with E-state index in [2.05, 4.69) is 20.3 Å². The predicted octanol–water partition coefficient (Wildman–Crippen LogP) is 4.31. The number of carbonyl (C=O) groups excluding carboxylic acids is 1. The first-order chi connectivity index (χ1) is 12.6. The molecule has 2 heterocycles. The summed E-state index contributed by atoms with van der Waals surface area (Å²) < 4.78 is 13.9. The van der Waals surface area contributed by atoms with Crippen molar-refractivity contribution >= 4 is 34.0 Å². The van der Waals surface area contributed by atoms with E-state index in [1.807, 2.05) is 0 Å². The number of fused-ring (bicyclic) bond motifs is 1. The van der Waals surface area contributed by atoms with Gasteiger partial charge in [0.25, 0.3) is 0 Å². The van der Waals surface area contributed by atoms with Gasteiger partial charge >= 0.3 is 0 Å². The third-order valence-corrected chi connectivity index (χ3v) is 5.63. The fourth-order valence-corrected chi connectivity index (χ4v) is 4.20. The van der Waals surface area contributed by atoms with Crippen molar-refractivity contribution in [2.75, 3.05) is 5.32 Å². The van der Waals surface area contributed by atoms with Gasteiger partial charge in [-0.1, -0.05) is 17.7 Å². The van der Waals surface area contributed by atoms with Crippen molar-refractivity contribution in [3.05, 3.63) is 63.4 Å². The van der Waals surface area contributed by atoms with Crippen LogP contribution in [0.2, 0.25) is 5.02 Å². The maximum Gasteiger partial charge on any atom is 0.235 e. The molecule has 0 saturated carbocycles. The zero-order valence-electron chi connectivity index (χ0n) is 13.8. The highest BCUT2D eigenvalue weighted by molar-refractivity contribution is 7.15. The second kappa shape index (κ2) is 7.17. The lowest BCUT2D eigenvalue weighted by molar-refractivity contribution is -0.118. The van der Waals surface area contributed by atoms with E-state index in [0.717, 1.165) is 35.5 Å². The van der Waals surface area contributed by atoms with Crippen LogP contribution < -0.4 is 5.32 Å². The minimum atomic E-state index is -0.343. The number of hydrogen-bond donors (Lipinski definition) is 2. The number of carbonyl (C=O) groups is 1. The van der Waals surface area contributed by atoms with E-state index in [4.69, 9.17) is 11.6 Å². The SMILES string of the molecule is O=C(Nc1ncc(Cc2ccc(Cl)cc2F)s1)C1CCCc2[nH]cnc21. The van der Waals surface area contributed by atoms with Crippen LogP contribution in [-0.2, 0) is 17.6 Å². The second-order valence-electron chi connectivity index (χ2n) is 6.24. The number of anilines is 1. The number of thiazole rings is 1. The highest BCUT2D eigenvalue weighted by Crippen LogP contribution is 2.31. The number of H-pyrrole nitrogens is 1. The summed E-state index contributed by atoms with van der Waals surface area (Å²) in [6, 6.07) is 4.62. The number of aromatic nitrogens is 3. The van der Waals surface area contributed by atoms with Crippen molar-refractivity contribution in [3.63, 3.8) is 0 Å². The molecule has 8 heteroatoms. The van der Waals surface area contributed by atoms with Gasteiger partial charge in [0.15, 0.2) is 5.13 Å². The zero-order valence-corrected chi connectivity index (χ0v) is 15.3. The van der Waals surface area contributed by atoms with Crippen molar-refractivity contribution in [1.29, 1.82) is 0 Å². The molecule has 0 spiro atoms. The van der Waals surface area contributed by atoms with Gasteiger partial charge in [-0.15, -0.1) is 11.3 Å². The van der Waals surface area contributed by atoms with Gasteiger partial charge < -0.3 is 10.3 Å². The van der Waals surface area contributed by atoms with Gasteiger partial charge in [-0.25, -0.2) is 14.4 Å². The number of aromatic amines is 1. The molecule has 1 atom stereocenters. The van der Waals surface area contributed by atoms with Gasteiger partial charge in [0.2, 0.25) is 5.91 Å². The van der Waals surface area contributed by atoms with Crippen LogP contribution in [0, 0.1) is 5.82 Å². The number of benzene rings is 1. The van der Waals surface area contributed by atoms with Crippen LogP contribution in [0.5, 0.6) is 0 Å². The van der Waals surface area contributed by atoms with Gasteiger partial charge in [0.1, 0.15) is 5.82 Å². The monoisotopic (exact) mass is 390 g/mol. The minimum absolute atomic E-state index is 0.100. The first kappa shape index (κ1) is 17.2. The number of rotatable bonds is 4. The van der Waals surface area contributed by atoms with Crippen LogP contribution in [0.15, 0.2) is 30.7 Å². The molecule has 1 aliphatic carbocycles. The van der Waals surface area contributed by atoms with E-state index < -0.39 is 0 Å². The Balaban J connectivity index is 1.45. The van der Waals surface area contributed by atoms with Crippen molar-refractivity contribution in [2.45, 2.75) is 31.6 Å². The average molecular weight is 391 g/mol. The van der Waals surface area contributed by atoms with Crippen LogP contribution in [0.25, 0.3) is 0 Å². The van der Waals surface area contributed by atoms with Crippen molar-refractivity contribution in [2.24, 2.45) is 0 Å². The third-order valence-electron chi connectivity index (χ3n) is 4.48. The standard InChI is InChI=1S/C18H16ClFN4OS/c19-11-5-4-10(14(20)7-11)6-12-8-21-18(26-12)24-17(25)13-2-1-3-15-16(13)23-9-22-15/h4-5,7-9,13H,1-3,6H2,(H,22,23)(H,21,24,25). The highest BCUT2D eigenvalue weighted by atomic mass is 35.5. The van der Waals surface area contributed by atoms with Gasteiger partial charge in [0, 0.05) is 28.2 Å². The lowest BCUT2D eigenvalue weighted by Crippen LogP contribution is -2.24. The second-order valence-corrected chi connectivity index (χ2v) is 7.80. The van der Waals surface area contributed by atoms with E-state index in [9.17, 15) is 9.18 Å². The summed E-state index contributed by atoms with van der Waals surface area (Å²) in [6.07, 6.45) is 6.36. The molecule has 134 valence electrons. The summed E-state index contributed by atoms with van der Waals surface area (Å²) in [6.45, 7) is 0. The molecule has 5 nitrogen and oxygen atoms in total. The molecule has 0 fully saturated rings. The summed E-state index contributed by atoms with van der Waals surface area (Å²) in [7, 11) is 0. The Morgan fingerprint density at radius 2 is 2.31 bits per heavy atom. The summed E-state index contributed by atoms with van der Waals surface area (Å²) >= 11 is 7.12. The first-order valence-corrected chi connectivity index (χ1v) is 9.51. The van der Waals surface area contributed by atoms with Crippen LogP contribution in [0.4, 0.5) is 9.52 Å². The van der Waals surface area contributed by atoms with Crippen LogP contribution in [0.3, 0.4) is 0 Å². The molecular formula is C18H16ClFN4OS. The minimum Gasteiger partial charge on any atom is -0.348 e. The quantitative estimate of drug-likeness (QED) is 0.697. The lowest BCUT2D eigenvalue weighted by atomic mass is 9.89. The summed E-state index contributed by atoms with van der Waals surface area (Å²) in [5, 5.41) is 3.76.